The largest absolute Gasteiger partial charge is 0.444 e. The van der Waals surface area contributed by atoms with Gasteiger partial charge in [-0.15, -0.1) is 0 Å². The predicted octanol–water partition coefficient (Wildman–Crippen LogP) is 3.27. The summed E-state index contributed by atoms with van der Waals surface area (Å²) in [6.45, 7) is 3.65. The zero-order valence-corrected chi connectivity index (χ0v) is 16.4. The second-order valence-electron chi connectivity index (χ2n) is 6.41. The Bertz CT molecular complexity index is 1080. The van der Waals surface area contributed by atoms with Gasteiger partial charge in [-0.3, -0.25) is 4.79 Å². The Labute approximate surface area is 163 Å². The molecule has 0 aliphatic heterocycles. The van der Waals surface area contributed by atoms with E-state index < -0.39 is 10.0 Å². The van der Waals surface area contributed by atoms with Gasteiger partial charge in [0.2, 0.25) is 15.9 Å². The van der Waals surface area contributed by atoms with Crippen molar-refractivity contribution in [2.75, 3.05) is 11.9 Å². The van der Waals surface area contributed by atoms with Crippen LogP contribution in [-0.4, -0.2) is 25.9 Å². The van der Waals surface area contributed by atoms with Crippen molar-refractivity contribution in [3.63, 3.8) is 0 Å². The molecule has 0 radical (unpaired) electrons. The summed E-state index contributed by atoms with van der Waals surface area (Å²) in [4.78, 5) is 16.3. The van der Waals surface area contributed by atoms with Gasteiger partial charge < -0.3 is 9.73 Å². The fourth-order valence-corrected chi connectivity index (χ4v) is 4.07. The maximum atomic E-state index is 12.4. The molecule has 1 heterocycles. The van der Waals surface area contributed by atoms with Crippen LogP contribution in [0.2, 0.25) is 0 Å². The first-order valence-electron chi connectivity index (χ1n) is 8.71. The third kappa shape index (κ3) is 4.85. The Morgan fingerprint density at radius 2 is 1.96 bits per heavy atom. The van der Waals surface area contributed by atoms with Crippen LogP contribution in [0.15, 0.2) is 64.4 Å². The van der Waals surface area contributed by atoms with Gasteiger partial charge in [0.05, 0.1) is 11.1 Å². The smallest absolute Gasteiger partial charge is 0.240 e. The third-order valence-electron chi connectivity index (χ3n) is 4.13. The van der Waals surface area contributed by atoms with Crippen molar-refractivity contribution < 1.29 is 17.6 Å². The number of benzene rings is 2. The van der Waals surface area contributed by atoms with Crippen LogP contribution in [0.1, 0.15) is 17.5 Å². The number of aromatic nitrogens is 1. The van der Waals surface area contributed by atoms with Crippen LogP contribution in [0.4, 0.5) is 5.69 Å². The normalized spacial score (nSPS) is 11.4. The number of hydrogen-bond acceptors (Lipinski definition) is 5. The van der Waals surface area contributed by atoms with Gasteiger partial charge in [0.25, 0.3) is 0 Å². The van der Waals surface area contributed by atoms with Crippen LogP contribution in [-0.2, 0) is 14.8 Å². The number of rotatable bonds is 7. The van der Waals surface area contributed by atoms with E-state index in [9.17, 15) is 13.2 Å². The van der Waals surface area contributed by atoms with Gasteiger partial charge in [-0.1, -0.05) is 29.8 Å². The maximum absolute atomic E-state index is 12.4. The molecule has 1 aromatic heterocycles. The first kappa shape index (κ1) is 19.8. The predicted molar refractivity (Wildman–Crippen MR) is 106 cm³/mol. The van der Waals surface area contributed by atoms with E-state index in [-0.39, 0.29) is 23.8 Å². The maximum Gasteiger partial charge on any atom is 0.240 e. The van der Waals surface area contributed by atoms with Gasteiger partial charge in [-0.25, -0.2) is 18.1 Å². The molecule has 0 aliphatic carbocycles. The molecule has 0 atom stereocenters. The van der Waals surface area contributed by atoms with Crippen LogP contribution in [0, 0.1) is 13.8 Å². The highest BCUT2D eigenvalue weighted by atomic mass is 32.2. The van der Waals surface area contributed by atoms with Gasteiger partial charge in [-0.05, 0) is 37.6 Å². The summed E-state index contributed by atoms with van der Waals surface area (Å²) in [5, 5.41) is 2.75. The van der Waals surface area contributed by atoms with Crippen molar-refractivity contribution in [2.24, 2.45) is 0 Å². The quantitative estimate of drug-likeness (QED) is 0.635. The summed E-state index contributed by atoms with van der Waals surface area (Å²) in [6.07, 6.45) is 2.93. The van der Waals surface area contributed by atoms with Crippen LogP contribution in [0.25, 0.3) is 11.3 Å². The lowest BCUT2D eigenvalue weighted by atomic mass is 10.1. The molecule has 0 saturated heterocycles. The van der Waals surface area contributed by atoms with E-state index in [1.54, 1.807) is 43.5 Å². The Hall–Kier alpha value is -2.97. The first-order chi connectivity index (χ1) is 13.3. The first-order valence-corrected chi connectivity index (χ1v) is 10.2. The lowest BCUT2D eigenvalue weighted by Crippen LogP contribution is -2.28. The Morgan fingerprint density at radius 1 is 1.14 bits per heavy atom. The van der Waals surface area contributed by atoms with E-state index in [4.69, 9.17) is 4.42 Å². The summed E-state index contributed by atoms with van der Waals surface area (Å²) in [7, 11) is -3.66. The minimum absolute atomic E-state index is 0.00325. The molecule has 8 heteroatoms. The average Bonchev–Trinajstić information content (AvgIpc) is 3.16. The molecule has 146 valence electrons. The van der Waals surface area contributed by atoms with E-state index in [1.165, 1.54) is 6.39 Å². The van der Waals surface area contributed by atoms with Crippen molar-refractivity contribution in [1.82, 2.24) is 9.71 Å². The molecule has 0 unspecified atom stereocenters. The van der Waals surface area contributed by atoms with Gasteiger partial charge in [0, 0.05) is 24.2 Å². The second-order valence-corrected chi connectivity index (χ2v) is 8.15. The fourth-order valence-electron chi connectivity index (χ4n) is 2.81. The summed E-state index contributed by atoms with van der Waals surface area (Å²) >= 11 is 0. The van der Waals surface area contributed by atoms with Gasteiger partial charge >= 0.3 is 0 Å². The van der Waals surface area contributed by atoms with Crippen LogP contribution >= 0.6 is 0 Å². The molecular weight excluding hydrogens is 378 g/mol. The fraction of sp³-hybridized carbons (Fsp3) is 0.200. The Balaban J connectivity index is 1.57. The van der Waals surface area contributed by atoms with Crippen LogP contribution in [0.3, 0.4) is 0 Å². The number of oxazole rings is 1. The van der Waals surface area contributed by atoms with Crippen molar-refractivity contribution >= 4 is 21.6 Å². The van der Waals surface area contributed by atoms with Crippen LogP contribution < -0.4 is 10.0 Å². The molecular formula is C20H21N3O4S. The topological polar surface area (TPSA) is 101 Å². The minimum Gasteiger partial charge on any atom is -0.444 e. The van der Waals surface area contributed by atoms with E-state index in [1.807, 2.05) is 19.1 Å². The zero-order chi connectivity index (χ0) is 20.1. The number of amides is 1. The minimum atomic E-state index is -3.66. The zero-order valence-electron chi connectivity index (χ0n) is 15.6. The highest BCUT2D eigenvalue weighted by Gasteiger charge is 2.16. The molecule has 2 aromatic carbocycles. The summed E-state index contributed by atoms with van der Waals surface area (Å²) in [5.41, 5.74) is 3.03. The van der Waals surface area contributed by atoms with Crippen LogP contribution in [0.5, 0.6) is 0 Å². The molecule has 3 aromatic rings. The van der Waals surface area contributed by atoms with Gasteiger partial charge in [-0.2, -0.15) is 0 Å². The molecule has 1 amide bonds. The lowest BCUT2D eigenvalue weighted by Gasteiger charge is -2.10. The lowest BCUT2D eigenvalue weighted by molar-refractivity contribution is -0.116. The SMILES string of the molecule is Cc1ccc(S(=O)(=O)NCCC(=O)Nc2cccc(-c3cnco3)c2)c(C)c1. The van der Waals surface area contributed by atoms with Crippen molar-refractivity contribution in [2.45, 2.75) is 25.2 Å². The molecule has 2 N–H and O–H groups in total. The second kappa shape index (κ2) is 8.37. The standard InChI is InChI=1S/C20H21N3O4S/c1-14-6-7-19(15(2)10-14)28(25,26)22-9-8-20(24)23-17-5-3-4-16(11-17)18-12-21-13-27-18/h3-7,10-13,22H,8-9H2,1-2H3,(H,23,24). The molecule has 3 rings (SSSR count). The Morgan fingerprint density at radius 3 is 2.68 bits per heavy atom. The van der Waals surface area contributed by atoms with E-state index in [0.29, 0.717) is 17.0 Å². The van der Waals surface area contributed by atoms with E-state index in [0.717, 1.165) is 11.1 Å². The van der Waals surface area contributed by atoms with E-state index in [2.05, 4.69) is 15.0 Å². The number of anilines is 1. The number of aryl methyl sites for hydroxylation is 2. The van der Waals surface area contributed by atoms with Crippen molar-refractivity contribution in [3.05, 3.63) is 66.2 Å². The molecule has 0 spiro atoms. The number of sulfonamides is 1. The highest BCUT2D eigenvalue weighted by molar-refractivity contribution is 7.89. The summed E-state index contributed by atoms with van der Waals surface area (Å²) < 4.78 is 32.6. The summed E-state index contributed by atoms with van der Waals surface area (Å²) in [6, 6.07) is 12.3. The third-order valence-corrected chi connectivity index (χ3v) is 5.75. The Kier molecular flexibility index (Phi) is 5.91. The van der Waals surface area contributed by atoms with Crippen molar-refractivity contribution in [1.29, 1.82) is 0 Å². The number of nitrogens with one attached hydrogen (secondary N) is 2. The molecule has 0 saturated carbocycles. The van der Waals surface area contributed by atoms with Gasteiger partial charge in [0.1, 0.15) is 0 Å². The molecule has 0 aliphatic rings. The van der Waals surface area contributed by atoms with E-state index >= 15 is 0 Å². The number of carbonyl (C=O) groups excluding carboxylic acids is 1. The molecule has 0 fully saturated rings. The number of nitrogens with zero attached hydrogens (tertiary/aromatic N) is 1. The molecule has 28 heavy (non-hydrogen) atoms. The van der Waals surface area contributed by atoms with Gasteiger partial charge in [0.15, 0.2) is 12.2 Å². The number of carbonyl (C=O) groups is 1. The highest BCUT2D eigenvalue weighted by Crippen LogP contribution is 2.22. The van der Waals surface area contributed by atoms with Crippen molar-refractivity contribution in [3.8, 4) is 11.3 Å². The average molecular weight is 399 g/mol. The molecule has 7 nitrogen and oxygen atoms in total. The number of hydrogen-bond donors (Lipinski definition) is 2. The summed E-state index contributed by atoms with van der Waals surface area (Å²) in [5.74, 6) is 0.301. The monoisotopic (exact) mass is 399 g/mol. The molecule has 0 bridgehead atoms.